The summed E-state index contributed by atoms with van der Waals surface area (Å²) in [5, 5.41) is 8.95. The Balaban J connectivity index is 2.55. The van der Waals surface area contributed by atoms with Crippen LogP contribution in [0.25, 0.3) is 0 Å². The highest BCUT2D eigenvalue weighted by molar-refractivity contribution is 5.93. The van der Waals surface area contributed by atoms with Crippen LogP contribution in [-0.2, 0) is 6.18 Å². The second kappa shape index (κ2) is 9.22. The summed E-state index contributed by atoms with van der Waals surface area (Å²) in [6.07, 6.45) is -9.01. The number of nitriles is 1. The lowest BCUT2D eigenvalue weighted by molar-refractivity contribution is -0.138. The van der Waals surface area contributed by atoms with Gasteiger partial charge in [0.15, 0.2) is 0 Å². The number of hydrazine groups is 1. The number of amidine groups is 1. The first-order valence-electron chi connectivity index (χ1n) is 9.36. The first-order valence-corrected chi connectivity index (χ1v) is 9.36. The van der Waals surface area contributed by atoms with E-state index in [9.17, 15) is 26.3 Å². The van der Waals surface area contributed by atoms with Crippen molar-refractivity contribution in [3.8, 4) is 6.07 Å². The molecule has 0 spiro atoms. The summed E-state index contributed by atoms with van der Waals surface area (Å²) in [7, 11) is 1.50. The SMILES string of the molecule is CNNC(C)(CCC(F)(F)F)C(=Nc1ccc(C#N)c(C(F)(F)F)c1)N1CCCC1. The molecule has 1 fully saturated rings. The van der Waals surface area contributed by atoms with Gasteiger partial charge in [-0.3, -0.25) is 5.43 Å². The zero-order chi connectivity index (χ0) is 22.6. The van der Waals surface area contributed by atoms with Gasteiger partial charge in [0, 0.05) is 19.5 Å². The Labute approximate surface area is 170 Å². The van der Waals surface area contributed by atoms with Crippen LogP contribution in [-0.4, -0.2) is 42.6 Å². The van der Waals surface area contributed by atoms with Crippen LogP contribution >= 0.6 is 0 Å². The molecule has 166 valence electrons. The van der Waals surface area contributed by atoms with Crippen LogP contribution in [0.1, 0.15) is 43.7 Å². The molecule has 0 radical (unpaired) electrons. The van der Waals surface area contributed by atoms with E-state index in [0.29, 0.717) is 13.1 Å². The molecule has 0 saturated carbocycles. The molecule has 1 atom stereocenters. The monoisotopic (exact) mass is 435 g/mol. The van der Waals surface area contributed by atoms with Gasteiger partial charge in [-0.15, -0.1) is 0 Å². The summed E-state index contributed by atoms with van der Waals surface area (Å²) in [5.41, 5.74) is 2.39. The fourth-order valence-corrected chi connectivity index (χ4v) is 3.43. The number of hydrogen-bond donors (Lipinski definition) is 2. The number of hydrogen-bond acceptors (Lipinski definition) is 4. The second-order valence-electron chi connectivity index (χ2n) is 7.29. The molecule has 11 heteroatoms. The van der Waals surface area contributed by atoms with Gasteiger partial charge in [0.1, 0.15) is 5.84 Å². The number of nitrogens with one attached hydrogen (secondary N) is 2. The summed E-state index contributed by atoms with van der Waals surface area (Å²) in [6.45, 7) is 2.60. The van der Waals surface area contributed by atoms with Gasteiger partial charge in [-0.05, 0) is 51.4 Å². The van der Waals surface area contributed by atoms with Crippen molar-refractivity contribution in [2.75, 3.05) is 20.1 Å². The molecule has 2 N–H and O–H groups in total. The normalized spacial score (nSPS) is 17.7. The van der Waals surface area contributed by atoms with Crippen LogP contribution in [0.15, 0.2) is 23.2 Å². The molecule has 1 aromatic rings. The quantitative estimate of drug-likeness (QED) is 0.298. The molecular weight excluding hydrogens is 412 g/mol. The Morgan fingerprint density at radius 1 is 1.13 bits per heavy atom. The largest absolute Gasteiger partial charge is 0.417 e. The highest BCUT2D eigenvalue weighted by Crippen LogP contribution is 2.35. The minimum absolute atomic E-state index is 0.0839. The number of nitrogens with zero attached hydrogens (tertiary/aromatic N) is 3. The van der Waals surface area contributed by atoms with Crippen LogP contribution in [0.4, 0.5) is 32.0 Å². The Morgan fingerprint density at radius 3 is 2.27 bits per heavy atom. The molecule has 5 nitrogen and oxygen atoms in total. The lowest BCUT2D eigenvalue weighted by atomic mass is 9.93. The third-order valence-electron chi connectivity index (χ3n) is 4.87. The van der Waals surface area contributed by atoms with Gasteiger partial charge in [-0.25, -0.2) is 10.4 Å². The van der Waals surface area contributed by atoms with E-state index in [-0.39, 0.29) is 17.9 Å². The number of halogens is 6. The van der Waals surface area contributed by atoms with Crippen LogP contribution in [0.2, 0.25) is 0 Å². The van der Waals surface area contributed by atoms with Crippen molar-refractivity contribution >= 4 is 11.5 Å². The Hall–Kier alpha value is -2.32. The molecule has 2 rings (SSSR count). The van der Waals surface area contributed by atoms with Gasteiger partial charge < -0.3 is 4.90 Å². The molecule has 0 bridgehead atoms. The topological polar surface area (TPSA) is 63.5 Å². The fourth-order valence-electron chi connectivity index (χ4n) is 3.43. The van der Waals surface area contributed by atoms with E-state index >= 15 is 0 Å². The smallest absolute Gasteiger partial charge is 0.358 e. The number of likely N-dealkylation sites (tertiary alicyclic amines) is 1. The van der Waals surface area contributed by atoms with E-state index < -0.39 is 35.4 Å². The van der Waals surface area contributed by atoms with Crippen molar-refractivity contribution < 1.29 is 26.3 Å². The summed E-state index contributed by atoms with van der Waals surface area (Å²) in [4.78, 5) is 6.13. The molecule has 1 aromatic carbocycles. The maximum absolute atomic E-state index is 13.3. The molecule has 1 aliphatic rings. The average molecular weight is 435 g/mol. The van der Waals surface area contributed by atoms with E-state index in [4.69, 9.17) is 5.26 Å². The standard InChI is InChI=1S/C19H23F6N5/c1-17(29-27-2,7-8-18(20,21)22)16(30-9-3-4-10-30)28-14-6-5-13(12-26)15(11-14)19(23,24)25/h5-6,11,27,29H,3-4,7-10H2,1-2H3. The van der Waals surface area contributed by atoms with E-state index in [1.165, 1.54) is 26.1 Å². The molecule has 1 saturated heterocycles. The maximum atomic E-state index is 13.3. The van der Waals surface area contributed by atoms with Crippen molar-refractivity contribution in [2.45, 2.75) is 50.5 Å². The van der Waals surface area contributed by atoms with Gasteiger partial charge in [0.2, 0.25) is 0 Å². The van der Waals surface area contributed by atoms with Crippen LogP contribution in [0.5, 0.6) is 0 Å². The molecular formula is C19H23F6N5. The number of aliphatic imine (C=N–C) groups is 1. The minimum atomic E-state index is -4.76. The Kier molecular flexibility index (Phi) is 7.36. The van der Waals surface area contributed by atoms with E-state index in [1.54, 1.807) is 4.90 Å². The van der Waals surface area contributed by atoms with Crippen molar-refractivity contribution in [1.29, 1.82) is 5.26 Å². The zero-order valence-corrected chi connectivity index (χ0v) is 16.6. The highest BCUT2D eigenvalue weighted by atomic mass is 19.4. The molecule has 1 aliphatic heterocycles. The summed E-state index contributed by atoms with van der Waals surface area (Å²) < 4.78 is 78.6. The highest BCUT2D eigenvalue weighted by Gasteiger charge is 2.40. The van der Waals surface area contributed by atoms with Gasteiger partial charge in [0.05, 0.1) is 28.4 Å². The first kappa shape index (κ1) is 24.0. The summed E-state index contributed by atoms with van der Waals surface area (Å²) >= 11 is 0. The molecule has 1 unspecified atom stereocenters. The Bertz CT molecular complexity index is 805. The third kappa shape index (κ3) is 6.09. The second-order valence-corrected chi connectivity index (χ2v) is 7.29. The number of alkyl halides is 6. The number of benzene rings is 1. The maximum Gasteiger partial charge on any atom is 0.417 e. The van der Waals surface area contributed by atoms with Gasteiger partial charge >= 0.3 is 12.4 Å². The predicted molar refractivity (Wildman–Crippen MR) is 100.0 cm³/mol. The van der Waals surface area contributed by atoms with Gasteiger partial charge in [-0.1, -0.05) is 0 Å². The predicted octanol–water partition coefficient (Wildman–Crippen LogP) is 4.53. The van der Waals surface area contributed by atoms with E-state index in [0.717, 1.165) is 25.0 Å². The third-order valence-corrected chi connectivity index (χ3v) is 4.87. The molecule has 0 aliphatic carbocycles. The number of rotatable bonds is 6. The summed E-state index contributed by atoms with van der Waals surface area (Å²) in [6, 6.07) is 4.52. The summed E-state index contributed by atoms with van der Waals surface area (Å²) in [5.74, 6) is 0.219. The first-order chi connectivity index (χ1) is 13.9. The van der Waals surface area contributed by atoms with Gasteiger partial charge in [0.25, 0.3) is 0 Å². The molecule has 0 aromatic heterocycles. The lowest BCUT2D eigenvalue weighted by Gasteiger charge is -2.37. The van der Waals surface area contributed by atoms with E-state index in [1.807, 2.05) is 0 Å². The van der Waals surface area contributed by atoms with Crippen molar-refractivity contribution in [3.05, 3.63) is 29.3 Å². The fraction of sp³-hybridized carbons (Fsp3) is 0.579. The minimum Gasteiger partial charge on any atom is -0.358 e. The van der Waals surface area contributed by atoms with Gasteiger partial charge in [-0.2, -0.15) is 31.6 Å². The van der Waals surface area contributed by atoms with Crippen molar-refractivity contribution in [2.24, 2.45) is 4.99 Å². The molecule has 1 heterocycles. The average Bonchev–Trinajstić information content (AvgIpc) is 3.17. The molecule has 30 heavy (non-hydrogen) atoms. The van der Waals surface area contributed by atoms with Crippen LogP contribution < -0.4 is 10.9 Å². The zero-order valence-electron chi connectivity index (χ0n) is 16.6. The van der Waals surface area contributed by atoms with Crippen molar-refractivity contribution in [1.82, 2.24) is 15.8 Å². The molecule has 0 amide bonds. The van der Waals surface area contributed by atoms with Crippen LogP contribution in [0.3, 0.4) is 0 Å². The van der Waals surface area contributed by atoms with Crippen LogP contribution in [0, 0.1) is 11.3 Å². The van der Waals surface area contributed by atoms with E-state index in [2.05, 4.69) is 15.8 Å². The van der Waals surface area contributed by atoms with Crippen molar-refractivity contribution in [3.63, 3.8) is 0 Å². The lowest BCUT2D eigenvalue weighted by Crippen LogP contribution is -2.59. The Morgan fingerprint density at radius 2 is 1.77 bits per heavy atom.